The number of hydrogen-bond acceptors (Lipinski definition) is 14. The number of hydrogen-bond donors (Lipinski definition) is 6. The lowest BCUT2D eigenvalue weighted by atomic mass is 9.90. The molecule has 4 heterocycles. The molecule has 0 saturated carbocycles. The Kier molecular flexibility index (Phi) is 8.25. The Morgan fingerprint density at radius 3 is 2.55 bits per heavy atom. The number of nitrogens with two attached hydrogens (primary N) is 2. The van der Waals surface area contributed by atoms with Gasteiger partial charge < -0.3 is 45.4 Å². The molecular formula is C24H28N5O14P. The number of primary amides is 1. The van der Waals surface area contributed by atoms with Crippen molar-refractivity contribution in [2.24, 2.45) is 11.5 Å². The molecular weight excluding hydrogens is 613 g/mol. The molecule has 2 aromatic rings. The van der Waals surface area contributed by atoms with Gasteiger partial charge in [-0.25, -0.2) is 14.2 Å². The number of Topliss-reactive ketones (excluding diaryl/α,β-unsaturated/α-hetero) is 2. The maximum absolute atomic E-state index is 13.3. The largest absolute Gasteiger partial charge is 0.492 e. The van der Waals surface area contributed by atoms with Crippen LogP contribution in [0.3, 0.4) is 0 Å². The van der Waals surface area contributed by atoms with E-state index in [0.29, 0.717) is 0 Å². The second-order valence-corrected chi connectivity index (χ2v) is 11.5. The first-order chi connectivity index (χ1) is 20.7. The number of amides is 1. The first-order valence-corrected chi connectivity index (χ1v) is 14.4. The molecule has 3 aliphatic rings. The quantitative estimate of drug-likeness (QED) is 0.163. The zero-order valence-corrected chi connectivity index (χ0v) is 24.0. The van der Waals surface area contributed by atoms with Crippen molar-refractivity contribution in [3.63, 3.8) is 0 Å². The molecule has 19 nitrogen and oxygen atoms in total. The van der Waals surface area contributed by atoms with E-state index >= 15 is 0 Å². The van der Waals surface area contributed by atoms with Crippen molar-refractivity contribution in [1.82, 2.24) is 14.1 Å². The number of aromatic amines is 1. The summed E-state index contributed by atoms with van der Waals surface area (Å²) in [6.07, 6.45) is -7.97. The van der Waals surface area contributed by atoms with E-state index in [1.54, 1.807) is 0 Å². The van der Waals surface area contributed by atoms with Crippen LogP contribution in [0.25, 0.3) is 0 Å². The van der Waals surface area contributed by atoms with Crippen molar-refractivity contribution in [2.75, 3.05) is 13.7 Å². The number of ether oxygens (including phenoxy) is 3. The second-order valence-electron chi connectivity index (χ2n) is 10.1. The third-order valence-corrected chi connectivity index (χ3v) is 8.43. The summed E-state index contributed by atoms with van der Waals surface area (Å²) in [5.41, 5.74) is 9.33. The summed E-state index contributed by atoms with van der Waals surface area (Å²) in [6, 6.07) is -0.0754. The Hall–Kier alpha value is -3.94. The molecule has 1 aliphatic carbocycles. The van der Waals surface area contributed by atoms with Crippen LogP contribution in [0.5, 0.6) is 0 Å². The van der Waals surface area contributed by atoms with Crippen molar-refractivity contribution in [1.29, 1.82) is 0 Å². The van der Waals surface area contributed by atoms with Gasteiger partial charge in [-0.3, -0.25) is 33.0 Å². The highest BCUT2D eigenvalue weighted by Crippen LogP contribution is 2.52. The number of carbonyl (C=O) groups is 3. The number of allylic oxidation sites excluding steroid dienone is 2. The van der Waals surface area contributed by atoms with E-state index < -0.39 is 86.6 Å². The summed E-state index contributed by atoms with van der Waals surface area (Å²) in [6.45, 7) is -0.215. The van der Waals surface area contributed by atoms with Crippen LogP contribution in [0, 0.1) is 0 Å². The van der Waals surface area contributed by atoms with Gasteiger partial charge in [0.05, 0.1) is 31.0 Å². The van der Waals surface area contributed by atoms with Gasteiger partial charge in [-0.15, -0.1) is 0 Å². The molecule has 1 fully saturated rings. The van der Waals surface area contributed by atoms with Crippen LogP contribution in [0.2, 0.25) is 0 Å². The van der Waals surface area contributed by atoms with Crippen LogP contribution >= 0.6 is 7.82 Å². The molecule has 3 unspecified atom stereocenters. The first-order valence-electron chi connectivity index (χ1n) is 12.9. The maximum Gasteiger partial charge on any atom is 0.472 e. The molecule has 238 valence electrons. The van der Waals surface area contributed by atoms with Gasteiger partial charge in [0.15, 0.2) is 12.0 Å². The highest BCUT2D eigenvalue weighted by atomic mass is 31.2. The molecule has 2 aromatic heterocycles. The minimum absolute atomic E-state index is 0.00140. The van der Waals surface area contributed by atoms with Gasteiger partial charge in [-0.1, -0.05) is 0 Å². The Balaban J connectivity index is 1.40. The van der Waals surface area contributed by atoms with Gasteiger partial charge in [-0.2, -0.15) is 0 Å². The summed E-state index contributed by atoms with van der Waals surface area (Å²) < 4.78 is 41.1. The SMILES string of the molecule is COC1=C(C)C(=O)c2c(c(COC(N)=O)c3n2CC(N)C3OP(=O)(O)OC[C@H]2O[C@@H](n3ccc(=O)[nH]c3=O)[C@H](O)[C@@H]2O)C1=O. The lowest BCUT2D eigenvalue weighted by Crippen LogP contribution is -2.37. The number of carbonyl (C=O) groups excluding carboxylic acids is 3. The molecule has 2 aliphatic heterocycles. The molecule has 5 rings (SSSR count). The minimum atomic E-state index is -5.09. The summed E-state index contributed by atoms with van der Waals surface area (Å²) in [4.78, 5) is 74.0. The molecule has 0 bridgehead atoms. The summed E-state index contributed by atoms with van der Waals surface area (Å²) in [5.74, 6) is -1.55. The monoisotopic (exact) mass is 641 g/mol. The van der Waals surface area contributed by atoms with Crippen LogP contribution < -0.4 is 22.7 Å². The fourth-order valence-corrected chi connectivity index (χ4v) is 6.43. The Bertz CT molecular complexity index is 1740. The van der Waals surface area contributed by atoms with Crippen molar-refractivity contribution in [3.8, 4) is 0 Å². The third-order valence-electron chi connectivity index (χ3n) is 7.46. The molecule has 7 atom stereocenters. The highest BCUT2D eigenvalue weighted by molar-refractivity contribution is 7.47. The van der Waals surface area contributed by atoms with Crippen LogP contribution in [0.4, 0.5) is 4.79 Å². The number of phosphoric ester groups is 1. The van der Waals surface area contributed by atoms with E-state index in [9.17, 15) is 43.6 Å². The summed E-state index contributed by atoms with van der Waals surface area (Å²) >= 11 is 0. The number of phosphoric acid groups is 1. The molecule has 20 heteroatoms. The number of aromatic nitrogens is 3. The van der Waals surface area contributed by atoms with E-state index in [-0.39, 0.29) is 40.4 Å². The second kappa shape index (κ2) is 11.5. The fourth-order valence-electron chi connectivity index (χ4n) is 5.49. The third kappa shape index (κ3) is 5.33. The van der Waals surface area contributed by atoms with Crippen LogP contribution in [-0.2, 0) is 41.0 Å². The molecule has 0 aromatic carbocycles. The Labute approximate surface area is 246 Å². The zero-order valence-electron chi connectivity index (χ0n) is 23.1. The molecule has 0 radical (unpaired) electrons. The van der Waals surface area contributed by atoms with Gasteiger partial charge in [0.2, 0.25) is 11.6 Å². The van der Waals surface area contributed by atoms with Gasteiger partial charge in [0.25, 0.3) is 5.56 Å². The maximum atomic E-state index is 13.3. The number of rotatable bonds is 9. The average Bonchev–Trinajstić information content (AvgIpc) is 3.53. The lowest BCUT2D eigenvalue weighted by Gasteiger charge is -2.23. The number of ketones is 2. The molecule has 1 amide bonds. The highest BCUT2D eigenvalue weighted by Gasteiger charge is 2.49. The van der Waals surface area contributed by atoms with E-state index in [2.05, 4.69) is 0 Å². The Morgan fingerprint density at radius 2 is 1.91 bits per heavy atom. The molecule has 44 heavy (non-hydrogen) atoms. The number of fused-ring (bicyclic) bond motifs is 3. The number of methoxy groups -OCH3 is 1. The van der Waals surface area contributed by atoms with E-state index in [0.717, 1.165) is 16.8 Å². The number of H-pyrrole nitrogens is 1. The van der Waals surface area contributed by atoms with Gasteiger partial charge in [0, 0.05) is 29.9 Å². The minimum Gasteiger partial charge on any atom is -0.492 e. The van der Waals surface area contributed by atoms with Crippen molar-refractivity contribution < 1.29 is 57.3 Å². The van der Waals surface area contributed by atoms with E-state index in [4.69, 9.17) is 34.7 Å². The molecule has 8 N–H and O–H groups in total. The normalized spacial score (nSPS) is 27.7. The van der Waals surface area contributed by atoms with Crippen LogP contribution in [0.15, 0.2) is 33.2 Å². The number of aliphatic hydroxyl groups excluding tert-OH is 2. The predicted molar refractivity (Wildman–Crippen MR) is 142 cm³/mol. The fraction of sp³-hybridized carbons (Fsp3) is 0.458. The van der Waals surface area contributed by atoms with Gasteiger partial charge >= 0.3 is 19.6 Å². The first kappa shape index (κ1) is 31.5. The smallest absolute Gasteiger partial charge is 0.472 e. The van der Waals surface area contributed by atoms with Crippen molar-refractivity contribution in [3.05, 3.63) is 66.9 Å². The summed E-state index contributed by atoms with van der Waals surface area (Å²) in [7, 11) is -3.89. The predicted octanol–water partition coefficient (Wildman–Crippen LogP) is -1.93. The lowest BCUT2D eigenvalue weighted by molar-refractivity contribution is -0.0564. The topological polar surface area (TPSA) is 287 Å². The molecule has 1 saturated heterocycles. The number of aliphatic hydroxyl groups is 2. The van der Waals surface area contributed by atoms with Crippen molar-refractivity contribution in [2.45, 2.75) is 56.8 Å². The number of nitrogens with one attached hydrogen (secondary N) is 1. The van der Waals surface area contributed by atoms with Gasteiger partial charge in [-0.05, 0) is 6.92 Å². The summed E-state index contributed by atoms with van der Waals surface area (Å²) in [5, 5.41) is 20.8. The Morgan fingerprint density at radius 1 is 1.20 bits per heavy atom. The molecule has 0 spiro atoms. The van der Waals surface area contributed by atoms with E-state index in [1.165, 1.54) is 18.6 Å². The van der Waals surface area contributed by atoms with E-state index in [1.807, 2.05) is 4.98 Å². The van der Waals surface area contributed by atoms with Crippen LogP contribution in [0.1, 0.15) is 51.4 Å². The standard InChI is InChI=1S/C24H28N5O14P/c1-8-16(31)15-13(18(33)20(8)39-2)9(6-40-23(26)35)14-21(10(25)5-29(14)15)43-44(37,38)41-7-11-17(32)19(34)22(42-11)28-4-3-12(30)27-24(28)36/h3-4,10-11,17,19,21-22,32,34H,5-7,25H2,1-2H3,(H2,26,35)(H,37,38)(H,27,30,36)/t10?,11-,17-,19-,21?,22-/m1/s1. The zero-order chi connectivity index (χ0) is 32.2. The van der Waals surface area contributed by atoms with Crippen LogP contribution in [-0.4, -0.2) is 85.0 Å². The number of nitrogens with zero attached hydrogens (tertiary/aromatic N) is 2. The van der Waals surface area contributed by atoms with Gasteiger partial charge in [0.1, 0.15) is 36.7 Å². The average molecular weight is 641 g/mol. The van der Waals surface area contributed by atoms with Crippen molar-refractivity contribution >= 4 is 25.5 Å².